The lowest BCUT2D eigenvalue weighted by Gasteiger charge is -2.38. The van der Waals surface area contributed by atoms with Crippen LogP contribution < -0.4 is 14.8 Å². The van der Waals surface area contributed by atoms with Crippen LogP contribution >= 0.6 is 0 Å². The van der Waals surface area contributed by atoms with Gasteiger partial charge >= 0.3 is 0 Å². The molecule has 0 radical (unpaired) electrons. The number of Topliss-reactive ketones (excluding diaryl/α,β-unsaturated/α-hetero) is 1. The second-order valence-electron chi connectivity index (χ2n) is 9.37. The average Bonchev–Trinajstić information content (AvgIpc) is 2.91. The Morgan fingerprint density at radius 3 is 2.58 bits per heavy atom. The zero-order valence-electron chi connectivity index (χ0n) is 21.1. The second kappa shape index (κ2) is 12.5. The highest BCUT2D eigenvalue weighted by Crippen LogP contribution is 2.33. The molecular formula is C30H35FN2O3. The molecule has 2 atom stereocenters. The minimum absolute atomic E-state index is 0.00206. The van der Waals surface area contributed by atoms with E-state index in [0.29, 0.717) is 29.6 Å². The first-order chi connectivity index (χ1) is 17.5. The Labute approximate surface area is 213 Å². The molecular weight excluding hydrogens is 455 g/mol. The number of methoxy groups -OCH3 is 1. The Balaban J connectivity index is 1.34. The highest BCUT2D eigenvalue weighted by Gasteiger charge is 2.28. The van der Waals surface area contributed by atoms with Crippen molar-refractivity contribution in [2.24, 2.45) is 5.92 Å². The summed E-state index contributed by atoms with van der Waals surface area (Å²) in [5.41, 5.74) is 2.79. The van der Waals surface area contributed by atoms with Gasteiger partial charge in [-0.1, -0.05) is 30.3 Å². The normalized spacial score (nSPS) is 16.8. The van der Waals surface area contributed by atoms with E-state index in [2.05, 4.69) is 34.5 Å². The molecule has 6 heteroatoms. The number of halogens is 1. The topological polar surface area (TPSA) is 50.8 Å². The van der Waals surface area contributed by atoms with E-state index < -0.39 is 0 Å². The lowest BCUT2D eigenvalue weighted by molar-refractivity contribution is 0.101. The summed E-state index contributed by atoms with van der Waals surface area (Å²) in [6.45, 7) is 5.13. The van der Waals surface area contributed by atoms with Gasteiger partial charge < -0.3 is 19.7 Å². The molecule has 190 valence electrons. The van der Waals surface area contributed by atoms with Crippen LogP contribution in [-0.2, 0) is 0 Å². The maximum absolute atomic E-state index is 13.4. The van der Waals surface area contributed by atoms with Crippen molar-refractivity contribution in [3.05, 3.63) is 89.7 Å². The Kier molecular flexibility index (Phi) is 8.95. The number of ketones is 1. The number of carbonyl (C=O) groups is 1. The van der Waals surface area contributed by atoms with Crippen molar-refractivity contribution in [1.82, 2.24) is 4.90 Å². The minimum atomic E-state index is -0.227. The molecule has 2 unspecified atom stereocenters. The van der Waals surface area contributed by atoms with Crippen LogP contribution in [0, 0.1) is 11.7 Å². The van der Waals surface area contributed by atoms with Crippen molar-refractivity contribution in [1.29, 1.82) is 0 Å². The molecule has 0 amide bonds. The van der Waals surface area contributed by atoms with Crippen LogP contribution in [0.2, 0.25) is 0 Å². The highest BCUT2D eigenvalue weighted by atomic mass is 19.1. The molecule has 1 N–H and O–H groups in total. The van der Waals surface area contributed by atoms with Gasteiger partial charge in [0.15, 0.2) is 17.3 Å². The van der Waals surface area contributed by atoms with Crippen LogP contribution in [0.3, 0.4) is 0 Å². The van der Waals surface area contributed by atoms with E-state index in [1.165, 1.54) is 17.7 Å². The standard InChI is InChI=1S/C30H35FN2O3/c1-22(34)24-11-16-28(29(20-24)35-2)36-19-7-18-33-17-6-10-25(21-33)30(23-8-4-3-5-9-23)32-27-14-12-26(31)13-15-27/h3-5,8-9,11-16,20,25,30,32H,6-7,10,17-19,21H2,1-2H3. The van der Waals surface area contributed by atoms with Crippen molar-refractivity contribution in [2.75, 3.05) is 38.7 Å². The molecule has 0 aliphatic carbocycles. The number of rotatable bonds is 11. The van der Waals surface area contributed by atoms with Crippen molar-refractivity contribution in [2.45, 2.75) is 32.2 Å². The van der Waals surface area contributed by atoms with E-state index in [0.717, 1.165) is 44.6 Å². The highest BCUT2D eigenvalue weighted by molar-refractivity contribution is 5.94. The number of anilines is 1. The molecule has 1 heterocycles. The summed E-state index contributed by atoms with van der Waals surface area (Å²) in [6, 6.07) is 22.6. The number of nitrogens with one attached hydrogen (secondary N) is 1. The lowest BCUT2D eigenvalue weighted by atomic mass is 9.86. The molecule has 3 aromatic carbocycles. The maximum atomic E-state index is 13.4. The second-order valence-corrected chi connectivity index (χ2v) is 9.37. The fourth-order valence-corrected chi connectivity index (χ4v) is 4.90. The quantitative estimate of drug-likeness (QED) is 0.250. The van der Waals surface area contributed by atoms with E-state index >= 15 is 0 Å². The van der Waals surface area contributed by atoms with Crippen LogP contribution in [0.25, 0.3) is 0 Å². The molecule has 1 aliphatic heterocycles. The van der Waals surface area contributed by atoms with Gasteiger partial charge in [-0.25, -0.2) is 4.39 Å². The molecule has 0 spiro atoms. The van der Waals surface area contributed by atoms with Gasteiger partial charge in [0.05, 0.1) is 19.8 Å². The molecule has 4 rings (SSSR count). The summed E-state index contributed by atoms with van der Waals surface area (Å²) >= 11 is 0. The maximum Gasteiger partial charge on any atom is 0.161 e. The Morgan fingerprint density at radius 1 is 1.08 bits per heavy atom. The van der Waals surface area contributed by atoms with Gasteiger partial charge in [0.1, 0.15) is 5.82 Å². The third-order valence-corrected chi connectivity index (χ3v) is 6.78. The summed E-state index contributed by atoms with van der Waals surface area (Å²) in [6.07, 6.45) is 3.17. The van der Waals surface area contributed by atoms with E-state index in [9.17, 15) is 9.18 Å². The van der Waals surface area contributed by atoms with Crippen LogP contribution in [0.4, 0.5) is 10.1 Å². The monoisotopic (exact) mass is 490 g/mol. The molecule has 1 fully saturated rings. The molecule has 0 aromatic heterocycles. The summed E-state index contributed by atoms with van der Waals surface area (Å²) in [7, 11) is 1.59. The number of ether oxygens (including phenoxy) is 2. The molecule has 3 aromatic rings. The van der Waals surface area contributed by atoms with Gasteiger partial charge in [0, 0.05) is 24.3 Å². The van der Waals surface area contributed by atoms with Crippen LogP contribution in [0.5, 0.6) is 11.5 Å². The van der Waals surface area contributed by atoms with Gasteiger partial charge in [-0.3, -0.25) is 4.79 Å². The number of carbonyl (C=O) groups excluding carboxylic acids is 1. The molecule has 0 bridgehead atoms. The average molecular weight is 491 g/mol. The van der Waals surface area contributed by atoms with Crippen LogP contribution in [0.1, 0.15) is 48.1 Å². The number of likely N-dealkylation sites (tertiary alicyclic amines) is 1. The minimum Gasteiger partial charge on any atom is -0.493 e. The van der Waals surface area contributed by atoms with Crippen molar-refractivity contribution in [3.8, 4) is 11.5 Å². The molecule has 5 nitrogen and oxygen atoms in total. The summed E-state index contributed by atoms with van der Waals surface area (Å²) in [4.78, 5) is 14.1. The third-order valence-electron chi connectivity index (χ3n) is 6.78. The summed E-state index contributed by atoms with van der Waals surface area (Å²) in [5, 5.41) is 3.67. The first-order valence-corrected chi connectivity index (χ1v) is 12.6. The van der Waals surface area contributed by atoms with Gasteiger partial charge in [0.25, 0.3) is 0 Å². The number of hydrogen-bond donors (Lipinski definition) is 1. The first kappa shape index (κ1) is 25.7. The fourth-order valence-electron chi connectivity index (χ4n) is 4.90. The zero-order chi connectivity index (χ0) is 25.3. The van der Waals surface area contributed by atoms with Gasteiger partial charge in [-0.15, -0.1) is 0 Å². The number of piperidine rings is 1. The Hall–Kier alpha value is -3.38. The first-order valence-electron chi connectivity index (χ1n) is 12.6. The predicted octanol–water partition coefficient (Wildman–Crippen LogP) is 6.37. The molecule has 1 saturated heterocycles. The SMILES string of the molecule is COc1cc(C(C)=O)ccc1OCCCN1CCCC(C(Nc2ccc(F)cc2)c2ccccc2)C1. The van der Waals surface area contributed by atoms with Crippen molar-refractivity contribution in [3.63, 3.8) is 0 Å². The summed E-state index contributed by atoms with van der Waals surface area (Å²) in [5.74, 6) is 1.45. The van der Waals surface area contributed by atoms with E-state index in [1.54, 1.807) is 44.4 Å². The molecule has 36 heavy (non-hydrogen) atoms. The van der Waals surface area contributed by atoms with Crippen molar-refractivity contribution < 1.29 is 18.7 Å². The zero-order valence-corrected chi connectivity index (χ0v) is 21.1. The third kappa shape index (κ3) is 6.85. The van der Waals surface area contributed by atoms with Crippen LogP contribution in [-0.4, -0.2) is 44.0 Å². The lowest BCUT2D eigenvalue weighted by Crippen LogP contribution is -2.40. The van der Waals surface area contributed by atoms with Gasteiger partial charge in [-0.05, 0) is 86.7 Å². The number of nitrogens with zero attached hydrogens (tertiary/aromatic N) is 1. The van der Waals surface area contributed by atoms with E-state index in [4.69, 9.17) is 9.47 Å². The molecule has 0 saturated carbocycles. The van der Waals surface area contributed by atoms with Crippen molar-refractivity contribution >= 4 is 11.5 Å². The Morgan fingerprint density at radius 2 is 1.86 bits per heavy atom. The largest absolute Gasteiger partial charge is 0.493 e. The van der Waals surface area contributed by atoms with Crippen LogP contribution in [0.15, 0.2) is 72.8 Å². The smallest absolute Gasteiger partial charge is 0.161 e. The van der Waals surface area contributed by atoms with Gasteiger partial charge in [-0.2, -0.15) is 0 Å². The van der Waals surface area contributed by atoms with E-state index in [-0.39, 0.29) is 17.6 Å². The molecule has 1 aliphatic rings. The predicted molar refractivity (Wildman–Crippen MR) is 141 cm³/mol. The van der Waals surface area contributed by atoms with E-state index in [1.807, 2.05) is 6.07 Å². The Bertz CT molecular complexity index is 1120. The number of benzene rings is 3. The summed E-state index contributed by atoms with van der Waals surface area (Å²) < 4.78 is 24.8. The van der Waals surface area contributed by atoms with Gasteiger partial charge in [0.2, 0.25) is 0 Å². The number of hydrogen-bond acceptors (Lipinski definition) is 5. The fraction of sp³-hybridized carbons (Fsp3) is 0.367.